The van der Waals surface area contributed by atoms with E-state index in [-0.39, 0.29) is 22.2 Å². The monoisotopic (exact) mass is 308 g/mol. The third-order valence-corrected chi connectivity index (χ3v) is 4.27. The van der Waals surface area contributed by atoms with Crippen LogP contribution in [0.2, 0.25) is 0 Å². The molecule has 0 bridgehead atoms. The van der Waals surface area contributed by atoms with Crippen LogP contribution in [-0.2, 0) is 10.0 Å². The van der Waals surface area contributed by atoms with E-state index in [1.54, 1.807) is 18.2 Å². The van der Waals surface area contributed by atoms with Gasteiger partial charge in [0, 0.05) is 6.07 Å². The van der Waals surface area contributed by atoms with E-state index in [4.69, 9.17) is 4.52 Å². The average molecular weight is 308 g/mol. The largest absolute Gasteiger partial charge is 0.338 e. The van der Waals surface area contributed by atoms with Crippen molar-refractivity contribution in [3.8, 4) is 0 Å². The van der Waals surface area contributed by atoms with Gasteiger partial charge < -0.3 is 4.52 Å². The molecule has 3 rings (SSSR count). The Morgan fingerprint density at radius 2 is 2.00 bits per heavy atom. The van der Waals surface area contributed by atoms with Gasteiger partial charge in [0.25, 0.3) is 10.0 Å². The fourth-order valence-electron chi connectivity index (χ4n) is 1.79. The minimum absolute atomic E-state index is 0.0382. The van der Waals surface area contributed by atoms with Crippen LogP contribution in [0.15, 0.2) is 38.3 Å². The standard InChI is InChI=1S/C12H12N4O4S/c1-7(2)9-6-11(19-13-9)16-21(17,18)10-5-3-4-8-12(10)15-20-14-8/h3-7,16H,1-2H3. The molecule has 0 atom stereocenters. The second-order valence-corrected chi connectivity index (χ2v) is 6.42. The number of hydrogen-bond donors (Lipinski definition) is 1. The lowest BCUT2D eigenvalue weighted by atomic mass is 10.1. The van der Waals surface area contributed by atoms with Crippen LogP contribution in [0.4, 0.5) is 5.88 Å². The number of sulfonamides is 1. The number of fused-ring (bicyclic) bond motifs is 1. The molecular formula is C12H12N4O4S. The van der Waals surface area contributed by atoms with Gasteiger partial charge in [-0.2, -0.15) is 0 Å². The summed E-state index contributed by atoms with van der Waals surface area (Å²) in [5.41, 5.74) is 1.18. The summed E-state index contributed by atoms with van der Waals surface area (Å²) < 4.78 is 36.6. The lowest BCUT2D eigenvalue weighted by molar-refractivity contribution is 0.315. The van der Waals surface area contributed by atoms with Crippen molar-refractivity contribution in [3.63, 3.8) is 0 Å². The summed E-state index contributed by atoms with van der Waals surface area (Å²) >= 11 is 0. The van der Waals surface area contributed by atoms with E-state index in [1.807, 2.05) is 13.8 Å². The Balaban J connectivity index is 1.98. The quantitative estimate of drug-likeness (QED) is 0.785. The van der Waals surface area contributed by atoms with Gasteiger partial charge >= 0.3 is 0 Å². The van der Waals surface area contributed by atoms with E-state index in [1.165, 1.54) is 6.07 Å². The first kappa shape index (κ1) is 13.6. The Hall–Kier alpha value is -2.42. The number of benzene rings is 1. The van der Waals surface area contributed by atoms with Gasteiger partial charge in [0.1, 0.15) is 10.4 Å². The predicted molar refractivity (Wildman–Crippen MR) is 73.2 cm³/mol. The van der Waals surface area contributed by atoms with E-state index >= 15 is 0 Å². The molecule has 0 aliphatic carbocycles. The summed E-state index contributed by atoms with van der Waals surface area (Å²) in [6.45, 7) is 3.86. The summed E-state index contributed by atoms with van der Waals surface area (Å²) in [7, 11) is -3.87. The molecule has 9 heteroatoms. The number of rotatable bonds is 4. The fraction of sp³-hybridized carbons (Fsp3) is 0.250. The van der Waals surface area contributed by atoms with Crippen molar-refractivity contribution in [2.24, 2.45) is 0 Å². The molecular weight excluding hydrogens is 296 g/mol. The predicted octanol–water partition coefficient (Wildman–Crippen LogP) is 2.13. The average Bonchev–Trinajstić information content (AvgIpc) is 3.05. The SMILES string of the molecule is CC(C)c1cc(NS(=O)(=O)c2cccc3nonc23)on1. The second-order valence-electron chi connectivity index (χ2n) is 4.76. The first-order chi connectivity index (χ1) is 9.97. The molecule has 110 valence electrons. The summed E-state index contributed by atoms with van der Waals surface area (Å²) in [6.07, 6.45) is 0. The Morgan fingerprint density at radius 3 is 2.71 bits per heavy atom. The van der Waals surface area contributed by atoms with Crippen LogP contribution in [-0.4, -0.2) is 23.9 Å². The van der Waals surface area contributed by atoms with Crippen molar-refractivity contribution in [2.45, 2.75) is 24.7 Å². The van der Waals surface area contributed by atoms with Crippen LogP contribution in [0.3, 0.4) is 0 Å². The van der Waals surface area contributed by atoms with Gasteiger partial charge in [-0.1, -0.05) is 25.1 Å². The molecule has 1 N–H and O–H groups in total. The molecule has 8 nitrogen and oxygen atoms in total. The van der Waals surface area contributed by atoms with Crippen LogP contribution in [0, 0.1) is 0 Å². The Bertz CT molecular complexity index is 881. The van der Waals surface area contributed by atoms with Crippen LogP contribution in [0.5, 0.6) is 0 Å². The molecule has 0 saturated heterocycles. The minimum Gasteiger partial charge on any atom is -0.338 e. The van der Waals surface area contributed by atoms with Crippen molar-refractivity contribution < 1.29 is 17.6 Å². The second kappa shape index (κ2) is 4.85. The van der Waals surface area contributed by atoms with Gasteiger partial charge in [-0.25, -0.2) is 17.8 Å². The maximum Gasteiger partial charge on any atom is 0.266 e. The molecule has 2 aromatic heterocycles. The Labute approximate surface area is 120 Å². The summed E-state index contributed by atoms with van der Waals surface area (Å²) in [5, 5.41) is 11.0. The molecule has 2 heterocycles. The van der Waals surface area contributed by atoms with Gasteiger partial charge in [0.05, 0.1) is 5.69 Å². The van der Waals surface area contributed by atoms with E-state index in [2.05, 4.69) is 24.8 Å². The molecule has 0 radical (unpaired) electrons. The first-order valence-corrected chi connectivity index (χ1v) is 7.66. The van der Waals surface area contributed by atoms with Crippen molar-refractivity contribution >= 4 is 26.9 Å². The maximum atomic E-state index is 12.4. The van der Waals surface area contributed by atoms with Crippen LogP contribution in [0.1, 0.15) is 25.5 Å². The van der Waals surface area contributed by atoms with E-state index in [0.29, 0.717) is 11.2 Å². The fourth-order valence-corrected chi connectivity index (χ4v) is 2.92. The van der Waals surface area contributed by atoms with Crippen LogP contribution < -0.4 is 4.72 Å². The third-order valence-electron chi connectivity index (χ3n) is 2.89. The summed E-state index contributed by atoms with van der Waals surface area (Å²) in [4.78, 5) is -0.0382. The van der Waals surface area contributed by atoms with Crippen molar-refractivity contribution in [3.05, 3.63) is 30.0 Å². The molecule has 0 spiro atoms. The number of hydrogen-bond acceptors (Lipinski definition) is 7. The number of nitrogens with one attached hydrogen (secondary N) is 1. The number of nitrogens with zero attached hydrogens (tertiary/aromatic N) is 3. The van der Waals surface area contributed by atoms with Gasteiger partial charge in [-0.15, -0.1) is 0 Å². The highest BCUT2D eigenvalue weighted by molar-refractivity contribution is 7.93. The molecule has 0 aliphatic rings. The maximum absolute atomic E-state index is 12.4. The summed E-state index contributed by atoms with van der Waals surface area (Å²) in [5.74, 6) is 0.183. The zero-order chi connectivity index (χ0) is 15.0. The molecule has 3 aromatic rings. The van der Waals surface area contributed by atoms with Gasteiger partial charge in [-0.05, 0) is 28.4 Å². The Morgan fingerprint density at radius 1 is 1.19 bits per heavy atom. The third kappa shape index (κ3) is 2.47. The smallest absolute Gasteiger partial charge is 0.266 e. The highest BCUT2D eigenvalue weighted by Gasteiger charge is 2.22. The van der Waals surface area contributed by atoms with Crippen molar-refractivity contribution in [2.75, 3.05) is 4.72 Å². The molecule has 0 aliphatic heterocycles. The van der Waals surface area contributed by atoms with Crippen LogP contribution in [0.25, 0.3) is 11.0 Å². The molecule has 1 aromatic carbocycles. The number of aromatic nitrogens is 3. The first-order valence-electron chi connectivity index (χ1n) is 6.18. The lowest BCUT2D eigenvalue weighted by Crippen LogP contribution is -2.13. The summed E-state index contributed by atoms with van der Waals surface area (Å²) in [6, 6.07) is 6.12. The molecule has 0 unspecified atom stereocenters. The van der Waals surface area contributed by atoms with Gasteiger partial charge in [-0.3, -0.25) is 0 Å². The van der Waals surface area contributed by atoms with Gasteiger partial charge in [0.15, 0.2) is 5.52 Å². The van der Waals surface area contributed by atoms with Gasteiger partial charge in [0.2, 0.25) is 5.88 Å². The topological polar surface area (TPSA) is 111 Å². The lowest BCUT2D eigenvalue weighted by Gasteiger charge is -2.04. The molecule has 0 fully saturated rings. The number of anilines is 1. The highest BCUT2D eigenvalue weighted by atomic mass is 32.2. The highest BCUT2D eigenvalue weighted by Crippen LogP contribution is 2.24. The molecule has 0 amide bonds. The van der Waals surface area contributed by atoms with Crippen molar-refractivity contribution in [1.82, 2.24) is 15.5 Å². The zero-order valence-corrected chi connectivity index (χ0v) is 12.1. The minimum atomic E-state index is -3.87. The molecule has 21 heavy (non-hydrogen) atoms. The van der Waals surface area contributed by atoms with E-state index in [9.17, 15) is 8.42 Å². The van der Waals surface area contributed by atoms with E-state index < -0.39 is 10.0 Å². The van der Waals surface area contributed by atoms with E-state index in [0.717, 1.165) is 0 Å². The zero-order valence-electron chi connectivity index (χ0n) is 11.3. The molecule has 0 saturated carbocycles. The normalized spacial score (nSPS) is 12.1. The van der Waals surface area contributed by atoms with Crippen LogP contribution >= 0.6 is 0 Å². The Kier molecular flexibility index (Phi) is 3.13. The van der Waals surface area contributed by atoms with Crippen molar-refractivity contribution in [1.29, 1.82) is 0 Å².